The first kappa shape index (κ1) is 8.35. The Morgan fingerprint density at radius 3 is 3.00 bits per heavy atom. The molecule has 1 nitrogen and oxygen atoms in total. The molecule has 1 aromatic heterocycles. The Morgan fingerprint density at radius 1 is 1.58 bits per heavy atom. The van der Waals surface area contributed by atoms with Crippen molar-refractivity contribution in [1.82, 2.24) is 0 Å². The highest BCUT2D eigenvalue weighted by molar-refractivity contribution is 8.03. The highest BCUT2D eigenvalue weighted by Crippen LogP contribution is 2.45. The van der Waals surface area contributed by atoms with Crippen molar-refractivity contribution in [2.24, 2.45) is 0 Å². The van der Waals surface area contributed by atoms with Crippen LogP contribution in [0.5, 0.6) is 0 Å². The second kappa shape index (κ2) is 3.24. The number of aliphatic hydroxyl groups is 1. The summed E-state index contributed by atoms with van der Waals surface area (Å²) in [6, 6.07) is 2.10. The van der Waals surface area contributed by atoms with Crippen LogP contribution in [0, 0.1) is 0 Å². The molecule has 0 bridgehead atoms. The Bertz CT molecular complexity index is 269. The maximum atomic E-state index is 9.33. The number of thiophene rings is 1. The standard InChI is InChI=1S/C9H10OS2/c10-7-9(3-1-4-12-9)8-2-5-11-6-8/h1-2,4-6,10H,3,7H2. The number of hydrogen-bond acceptors (Lipinski definition) is 3. The van der Waals surface area contributed by atoms with Gasteiger partial charge < -0.3 is 5.11 Å². The molecule has 3 heteroatoms. The minimum absolute atomic E-state index is 0.0694. The number of hydrogen-bond donors (Lipinski definition) is 1. The van der Waals surface area contributed by atoms with E-state index >= 15 is 0 Å². The predicted molar refractivity (Wildman–Crippen MR) is 54.4 cm³/mol. The van der Waals surface area contributed by atoms with Crippen molar-refractivity contribution < 1.29 is 5.11 Å². The molecule has 0 spiro atoms. The highest BCUT2D eigenvalue weighted by atomic mass is 32.2. The van der Waals surface area contributed by atoms with Gasteiger partial charge in [-0.15, -0.1) is 11.8 Å². The van der Waals surface area contributed by atoms with Crippen LogP contribution < -0.4 is 0 Å². The van der Waals surface area contributed by atoms with Crippen LogP contribution in [0.25, 0.3) is 0 Å². The lowest BCUT2D eigenvalue weighted by molar-refractivity contribution is 0.251. The average Bonchev–Trinajstić information content (AvgIpc) is 2.76. The maximum Gasteiger partial charge on any atom is 0.0722 e. The second-order valence-electron chi connectivity index (χ2n) is 2.86. The largest absolute Gasteiger partial charge is 0.395 e. The van der Waals surface area contributed by atoms with Crippen LogP contribution >= 0.6 is 23.1 Å². The third kappa shape index (κ3) is 1.22. The summed E-state index contributed by atoms with van der Waals surface area (Å²) in [5.41, 5.74) is 1.25. The van der Waals surface area contributed by atoms with E-state index in [-0.39, 0.29) is 11.4 Å². The van der Waals surface area contributed by atoms with Crippen molar-refractivity contribution in [3.8, 4) is 0 Å². The summed E-state index contributed by atoms with van der Waals surface area (Å²) < 4.78 is -0.0694. The molecule has 1 aromatic rings. The van der Waals surface area contributed by atoms with E-state index in [1.165, 1.54) is 5.56 Å². The maximum absolute atomic E-state index is 9.33. The average molecular weight is 198 g/mol. The van der Waals surface area contributed by atoms with Gasteiger partial charge in [0.15, 0.2) is 0 Å². The third-order valence-electron chi connectivity index (χ3n) is 2.14. The van der Waals surface area contributed by atoms with E-state index in [0.29, 0.717) is 0 Å². The summed E-state index contributed by atoms with van der Waals surface area (Å²) in [5.74, 6) is 0. The Kier molecular flexibility index (Phi) is 2.26. The molecular weight excluding hydrogens is 188 g/mol. The van der Waals surface area contributed by atoms with Crippen LogP contribution in [0.2, 0.25) is 0 Å². The normalized spacial score (nSPS) is 28.1. The first-order chi connectivity index (χ1) is 5.87. The van der Waals surface area contributed by atoms with Gasteiger partial charge in [-0.2, -0.15) is 11.3 Å². The fourth-order valence-corrected chi connectivity index (χ4v) is 3.18. The van der Waals surface area contributed by atoms with Crippen molar-refractivity contribution in [2.45, 2.75) is 11.2 Å². The molecule has 1 N–H and O–H groups in total. The van der Waals surface area contributed by atoms with Gasteiger partial charge in [0.2, 0.25) is 0 Å². The minimum Gasteiger partial charge on any atom is -0.395 e. The Hall–Kier alpha value is -0.250. The van der Waals surface area contributed by atoms with E-state index in [2.05, 4.69) is 28.3 Å². The highest BCUT2D eigenvalue weighted by Gasteiger charge is 2.33. The van der Waals surface area contributed by atoms with Crippen molar-refractivity contribution in [2.75, 3.05) is 6.61 Å². The fraction of sp³-hybridized carbons (Fsp3) is 0.333. The zero-order valence-electron chi connectivity index (χ0n) is 6.56. The lowest BCUT2D eigenvalue weighted by Gasteiger charge is -2.24. The number of allylic oxidation sites excluding steroid dienone is 1. The van der Waals surface area contributed by atoms with Crippen LogP contribution in [-0.2, 0) is 4.75 Å². The van der Waals surface area contributed by atoms with E-state index in [1.54, 1.807) is 23.1 Å². The second-order valence-corrected chi connectivity index (χ2v) is 4.93. The molecule has 1 unspecified atom stereocenters. The Balaban J connectivity index is 2.30. The molecule has 0 fully saturated rings. The molecular formula is C9H10OS2. The number of rotatable bonds is 2. The van der Waals surface area contributed by atoms with Gasteiger partial charge in [0.1, 0.15) is 0 Å². The van der Waals surface area contributed by atoms with Gasteiger partial charge >= 0.3 is 0 Å². The summed E-state index contributed by atoms with van der Waals surface area (Å²) in [6.45, 7) is 0.224. The van der Waals surface area contributed by atoms with E-state index in [0.717, 1.165) is 6.42 Å². The molecule has 0 aliphatic carbocycles. The lowest BCUT2D eigenvalue weighted by Crippen LogP contribution is -2.22. The van der Waals surface area contributed by atoms with Gasteiger partial charge in [-0.1, -0.05) is 6.08 Å². The van der Waals surface area contributed by atoms with Gasteiger partial charge in [-0.05, 0) is 34.2 Å². The Morgan fingerprint density at radius 2 is 2.50 bits per heavy atom. The Labute approximate surface area is 80.1 Å². The summed E-state index contributed by atoms with van der Waals surface area (Å²) in [5, 5.41) is 15.6. The zero-order chi connectivity index (χ0) is 8.44. The summed E-state index contributed by atoms with van der Waals surface area (Å²) >= 11 is 3.41. The van der Waals surface area contributed by atoms with E-state index in [9.17, 15) is 5.11 Å². The summed E-state index contributed by atoms with van der Waals surface area (Å²) in [6.07, 6.45) is 3.07. The number of aliphatic hydroxyl groups excluding tert-OH is 1. The van der Waals surface area contributed by atoms with Crippen LogP contribution in [0.4, 0.5) is 0 Å². The predicted octanol–water partition coefficient (Wildman–Crippen LogP) is 2.59. The van der Waals surface area contributed by atoms with Crippen LogP contribution in [-0.4, -0.2) is 11.7 Å². The SMILES string of the molecule is OCC1(c2ccsc2)CC=CS1. The monoisotopic (exact) mass is 198 g/mol. The molecule has 0 aromatic carbocycles. The van der Waals surface area contributed by atoms with Crippen LogP contribution in [0.15, 0.2) is 28.3 Å². The molecule has 12 heavy (non-hydrogen) atoms. The van der Waals surface area contributed by atoms with Gasteiger partial charge in [-0.3, -0.25) is 0 Å². The van der Waals surface area contributed by atoms with E-state index in [1.807, 2.05) is 0 Å². The van der Waals surface area contributed by atoms with Crippen molar-refractivity contribution >= 4 is 23.1 Å². The zero-order valence-corrected chi connectivity index (χ0v) is 8.20. The first-order valence-corrected chi connectivity index (χ1v) is 5.66. The van der Waals surface area contributed by atoms with Crippen molar-refractivity contribution in [3.63, 3.8) is 0 Å². The van der Waals surface area contributed by atoms with Crippen molar-refractivity contribution in [3.05, 3.63) is 33.9 Å². The van der Waals surface area contributed by atoms with E-state index in [4.69, 9.17) is 0 Å². The summed E-state index contributed by atoms with van der Waals surface area (Å²) in [7, 11) is 0. The molecule has 0 amide bonds. The molecule has 1 aliphatic rings. The van der Waals surface area contributed by atoms with Gasteiger partial charge in [0.25, 0.3) is 0 Å². The number of thioether (sulfide) groups is 1. The molecule has 1 aliphatic heterocycles. The molecule has 64 valence electrons. The first-order valence-electron chi connectivity index (χ1n) is 3.84. The van der Waals surface area contributed by atoms with Crippen LogP contribution in [0.3, 0.4) is 0 Å². The topological polar surface area (TPSA) is 20.2 Å². The molecule has 0 radical (unpaired) electrons. The summed E-state index contributed by atoms with van der Waals surface area (Å²) in [4.78, 5) is 0. The minimum atomic E-state index is -0.0694. The molecule has 2 heterocycles. The molecule has 2 rings (SSSR count). The molecule has 1 atom stereocenters. The van der Waals surface area contributed by atoms with Crippen molar-refractivity contribution in [1.29, 1.82) is 0 Å². The van der Waals surface area contributed by atoms with Crippen LogP contribution in [0.1, 0.15) is 12.0 Å². The fourth-order valence-electron chi connectivity index (χ4n) is 1.37. The van der Waals surface area contributed by atoms with Gasteiger partial charge in [-0.25, -0.2) is 0 Å². The quantitative estimate of drug-likeness (QED) is 0.788. The third-order valence-corrected chi connectivity index (χ3v) is 4.13. The smallest absolute Gasteiger partial charge is 0.0722 e. The molecule has 0 saturated carbocycles. The van der Waals surface area contributed by atoms with Gasteiger partial charge in [0, 0.05) is 0 Å². The van der Waals surface area contributed by atoms with Gasteiger partial charge in [0.05, 0.1) is 11.4 Å². The molecule has 0 saturated heterocycles. The lowest BCUT2D eigenvalue weighted by atomic mass is 9.99. The van der Waals surface area contributed by atoms with E-state index < -0.39 is 0 Å².